The Balaban J connectivity index is 3.36. The van der Waals surface area contributed by atoms with E-state index in [1.165, 1.54) is 57.8 Å². The Morgan fingerprint density at radius 2 is 1.30 bits per heavy atom. The third kappa shape index (κ3) is 18.2. The number of aliphatic hydroxyl groups is 1. The van der Waals surface area contributed by atoms with Gasteiger partial charge in [-0.3, -0.25) is 4.79 Å². The molecule has 2 unspecified atom stereocenters. The molecule has 2 atom stereocenters. The van der Waals surface area contributed by atoms with E-state index in [0.717, 1.165) is 12.8 Å². The Morgan fingerprint density at radius 3 is 1.74 bits per heavy atom. The lowest BCUT2D eigenvalue weighted by atomic mass is 10.1. The van der Waals surface area contributed by atoms with Gasteiger partial charge < -0.3 is 9.59 Å². The van der Waals surface area contributed by atoms with Gasteiger partial charge in [-0.15, -0.1) is 0 Å². The van der Waals surface area contributed by atoms with Gasteiger partial charge in [-0.1, -0.05) is 71.1 Å². The molecule has 23 heavy (non-hydrogen) atoms. The Kier molecular flexibility index (Phi) is 14.4. The second-order valence-electron chi connectivity index (χ2n) is 7.84. The van der Waals surface area contributed by atoms with Crippen LogP contribution in [-0.2, 0) is 4.79 Å². The molecule has 3 nitrogen and oxygen atoms in total. The summed E-state index contributed by atoms with van der Waals surface area (Å²) in [5, 5.41) is 9.91. The predicted octanol–water partition coefficient (Wildman–Crippen LogP) is 4.92. The molecule has 0 aromatic rings. The first-order valence-corrected chi connectivity index (χ1v) is 10.7. The number of nitrogens with zero attached hydrogens (tertiary/aromatic N) is 1. The van der Waals surface area contributed by atoms with Crippen LogP contribution in [0.4, 0.5) is 0 Å². The van der Waals surface area contributed by atoms with Crippen molar-refractivity contribution in [2.75, 3.05) is 27.7 Å². The Morgan fingerprint density at radius 1 is 0.870 bits per heavy atom. The second-order valence-corrected chi connectivity index (χ2v) is 9.35. The normalized spacial score (nSPS) is 13.8. The number of rotatable bonds is 16. The van der Waals surface area contributed by atoms with E-state index in [9.17, 15) is 9.90 Å². The van der Waals surface area contributed by atoms with E-state index < -0.39 is 5.85 Å². The first kappa shape index (κ1) is 23.0. The molecule has 0 fully saturated rings. The van der Waals surface area contributed by atoms with Crippen LogP contribution in [0.2, 0.25) is 0 Å². The fourth-order valence-electron chi connectivity index (χ4n) is 2.77. The highest BCUT2D eigenvalue weighted by atomic mass is 31.1. The van der Waals surface area contributed by atoms with Crippen LogP contribution < -0.4 is 0 Å². The SMILES string of the molecule is CCCCCCCCCCCCCC(=O)PC(O)C[N+](C)(C)C. The van der Waals surface area contributed by atoms with Gasteiger partial charge >= 0.3 is 0 Å². The van der Waals surface area contributed by atoms with Crippen molar-refractivity contribution in [1.82, 2.24) is 0 Å². The van der Waals surface area contributed by atoms with Crippen LogP contribution in [0, 0.1) is 0 Å². The van der Waals surface area contributed by atoms with Gasteiger partial charge in [-0.25, -0.2) is 0 Å². The van der Waals surface area contributed by atoms with E-state index in [1.807, 2.05) is 21.1 Å². The number of hydrogen-bond donors (Lipinski definition) is 1. The zero-order chi connectivity index (χ0) is 17.6. The molecule has 0 aliphatic heterocycles. The number of carbonyl (C=O) groups excluding carboxylic acids is 1. The van der Waals surface area contributed by atoms with Gasteiger partial charge in [-0.05, 0) is 15.0 Å². The van der Waals surface area contributed by atoms with Crippen LogP contribution >= 0.6 is 8.58 Å². The summed E-state index contributed by atoms with van der Waals surface area (Å²) in [5.74, 6) is -0.463. The number of quaternary nitrogens is 1. The minimum absolute atomic E-state index is 0.0660. The zero-order valence-corrected chi connectivity index (χ0v) is 17.1. The standard InChI is InChI=1S/C19H41NO2P/c1-5-6-7-8-9-10-11-12-13-14-15-16-18(21)23-19(22)17-20(2,3)4/h19,22-23H,5-17H2,1-4H3/q+1. The summed E-state index contributed by atoms with van der Waals surface area (Å²) in [5.41, 5.74) is 0.252. The van der Waals surface area contributed by atoms with Crippen molar-refractivity contribution in [2.24, 2.45) is 0 Å². The highest BCUT2D eigenvalue weighted by molar-refractivity contribution is 7.58. The molecule has 0 saturated carbocycles. The van der Waals surface area contributed by atoms with Crippen molar-refractivity contribution in [2.45, 2.75) is 89.8 Å². The summed E-state index contributed by atoms with van der Waals surface area (Å²) in [6, 6.07) is 0. The molecule has 0 rings (SSSR count). The summed E-state index contributed by atoms with van der Waals surface area (Å²) in [6.45, 7) is 2.91. The highest BCUT2D eigenvalue weighted by Crippen LogP contribution is 2.23. The van der Waals surface area contributed by atoms with Crippen molar-refractivity contribution >= 4 is 14.1 Å². The number of aliphatic hydroxyl groups excluding tert-OH is 1. The van der Waals surface area contributed by atoms with Crippen molar-refractivity contribution in [3.8, 4) is 0 Å². The second kappa shape index (κ2) is 14.4. The lowest BCUT2D eigenvalue weighted by molar-refractivity contribution is -0.871. The van der Waals surface area contributed by atoms with Crippen LogP contribution in [0.15, 0.2) is 0 Å². The van der Waals surface area contributed by atoms with E-state index in [0.29, 0.717) is 17.4 Å². The third-order valence-electron chi connectivity index (χ3n) is 4.06. The van der Waals surface area contributed by atoms with E-state index in [-0.39, 0.29) is 14.1 Å². The lowest BCUT2D eigenvalue weighted by Crippen LogP contribution is -2.40. The lowest BCUT2D eigenvalue weighted by Gasteiger charge is -2.26. The van der Waals surface area contributed by atoms with Crippen LogP contribution in [0.5, 0.6) is 0 Å². The Labute approximate surface area is 146 Å². The summed E-state index contributed by atoms with van der Waals surface area (Å²) >= 11 is 0. The monoisotopic (exact) mass is 346 g/mol. The van der Waals surface area contributed by atoms with Gasteiger partial charge in [0.05, 0.1) is 21.1 Å². The molecule has 0 amide bonds. The highest BCUT2D eigenvalue weighted by Gasteiger charge is 2.18. The topological polar surface area (TPSA) is 37.3 Å². The van der Waals surface area contributed by atoms with Crippen molar-refractivity contribution in [1.29, 1.82) is 0 Å². The van der Waals surface area contributed by atoms with E-state index in [2.05, 4.69) is 6.92 Å². The summed E-state index contributed by atoms with van der Waals surface area (Å²) in [6.07, 6.45) is 15.0. The molecule has 0 aliphatic rings. The summed E-state index contributed by atoms with van der Waals surface area (Å²) in [7, 11) is 6.20. The molecule has 0 bridgehead atoms. The smallest absolute Gasteiger partial charge is 0.154 e. The number of hydrogen-bond acceptors (Lipinski definition) is 2. The zero-order valence-electron chi connectivity index (χ0n) is 16.1. The molecule has 0 spiro atoms. The van der Waals surface area contributed by atoms with Gasteiger partial charge in [0, 0.05) is 6.42 Å². The van der Waals surface area contributed by atoms with E-state index >= 15 is 0 Å². The molecule has 1 N–H and O–H groups in total. The van der Waals surface area contributed by atoms with Crippen molar-refractivity contribution in [3.63, 3.8) is 0 Å². The fraction of sp³-hybridized carbons (Fsp3) is 0.947. The Hall–Kier alpha value is 0.0200. The molecule has 0 heterocycles. The average Bonchev–Trinajstić information content (AvgIpc) is 2.42. The first-order chi connectivity index (χ1) is 10.8. The molecular weight excluding hydrogens is 305 g/mol. The summed E-state index contributed by atoms with van der Waals surface area (Å²) in [4.78, 5) is 11.8. The maximum Gasteiger partial charge on any atom is 0.154 e. The van der Waals surface area contributed by atoms with Crippen LogP contribution in [0.25, 0.3) is 0 Å². The fourth-order valence-corrected chi connectivity index (χ4v) is 4.10. The molecule has 0 aliphatic carbocycles. The molecule has 138 valence electrons. The molecule has 0 aromatic heterocycles. The maximum atomic E-state index is 11.8. The average molecular weight is 347 g/mol. The van der Waals surface area contributed by atoms with Crippen LogP contribution in [0.1, 0.15) is 84.0 Å². The van der Waals surface area contributed by atoms with Gasteiger partial charge in [0.2, 0.25) is 0 Å². The quantitative estimate of drug-likeness (QED) is 0.245. The van der Waals surface area contributed by atoms with E-state index in [1.54, 1.807) is 0 Å². The molecule has 0 radical (unpaired) electrons. The molecule has 0 aromatic carbocycles. The van der Waals surface area contributed by atoms with Crippen LogP contribution in [0.3, 0.4) is 0 Å². The molecular formula is C19H41NO2P+. The number of likely N-dealkylation sites (N-methyl/N-ethyl adjacent to an activating group) is 1. The maximum absolute atomic E-state index is 11.8. The Bertz CT molecular complexity index is 290. The van der Waals surface area contributed by atoms with Gasteiger partial charge in [0.15, 0.2) is 5.52 Å². The predicted molar refractivity (Wildman–Crippen MR) is 103 cm³/mol. The minimum atomic E-state index is -0.463. The van der Waals surface area contributed by atoms with Crippen molar-refractivity contribution in [3.05, 3.63) is 0 Å². The minimum Gasteiger partial charge on any atom is -0.383 e. The summed E-state index contributed by atoms with van der Waals surface area (Å²) < 4.78 is 0.708. The van der Waals surface area contributed by atoms with Gasteiger partial charge in [0.1, 0.15) is 12.4 Å². The van der Waals surface area contributed by atoms with Crippen LogP contribution in [-0.4, -0.2) is 48.6 Å². The third-order valence-corrected chi connectivity index (χ3v) is 5.14. The van der Waals surface area contributed by atoms with Gasteiger partial charge in [-0.2, -0.15) is 0 Å². The molecule has 0 saturated heterocycles. The van der Waals surface area contributed by atoms with Gasteiger partial charge in [0.25, 0.3) is 0 Å². The molecule has 4 heteroatoms. The largest absolute Gasteiger partial charge is 0.383 e. The van der Waals surface area contributed by atoms with Crippen molar-refractivity contribution < 1.29 is 14.4 Å². The first-order valence-electron chi connectivity index (χ1n) is 9.63. The number of unbranched alkanes of at least 4 members (excludes halogenated alkanes) is 10. The van der Waals surface area contributed by atoms with E-state index in [4.69, 9.17) is 0 Å². The number of carbonyl (C=O) groups is 1.